The molecule has 1 atom stereocenters. The minimum atomic E-state index is -1.01. The van der Waals surface area contributed by atoms with Crippen LogP contribution in [0, 0.1) is 0 Å². The Balaban J connectivity index is 2.75. The van der Waals surface area contributed by atoms with Gasteiger partial charge in [0, 0.05) is 0 Å². The molecule has 1 rings (SSSR count). The molecule has 1 amide bonds. The maximum atomic E-state index is 10.9. The van der Waals surface area contributed by atoms with Crippen molar-refractivity contribution in [2.75, 3.05) is 0 Å². The summed E-state index contributed by atoms with van der Waals surface area (Å²) in [6, 6.07) is 5.81. The van der Waals surface area contributed by atoms with Crippen LogP contribution in [0.25, 0.3) is 0 Å². The number of benzene rings is 1. The number of carboxylic acids is 1. The second-order valence-electron chi connectivity index (χ2n) is 3.25. The molecule has 1 aromatic carbocycles. The van der Waals surface area contributed by atoms with Crippen LogP contribution in [0.5, 0.6) is 5.75 Å². The van der Waals surface area contributed by atoms with Gasteiger partial charge in [-0.25, -0.2) is 4.79 Å². The van der Waals surface area contributed by atoms with E-state index in [1.165, 1.54) is 24.3 Å². The van der Waals surface area contributed by atoms with E-state index in [1.54, 1.807) is 6.92 Å². The molecule has 0 radical (unpaired) electrons. The molecule has 5 nitrogen and oxygen atoms in total. The molecule has 0 bridgehead atoms. The van der Waals surface area contributed by atoms with Crippen molar-refractivity contribution in [2.24, 2.45) is 5.73 Å². The SMILES string of the molecule is CCC(Oc1ccc(C(=O)O)cc1)C(N)=O. The number of carbonyl (C=O) groups excluding carboxylic acids is 1. The first-order valence-corrected chi connectivity index (χ1v) is 4.84. The summed E-state index contributed by atoms with van der Waals surface area (Å²) in [5.74, 6) is -1.12. The molecule has 0 saturated carbocycles. The molecular weight excluding hydrogens is 210 g/mol. The quantitative estimate of drug-likeness (QED) is 0.780. The Kier molecular flexibility index (Phi) is 3.88. The van der Waals surface area contributed by atoms with Gasteiger partial charge in [0.05, 0.1) is 5.56 Å². The molecule has 0 aliphatic carbocycles. The Bertz CT molecular complexity index is 385. The van der Waals surface area contributed by atoms with E-state index in [0.717, 1.165) is 0 Å². The summed E-state index contributed by atoms with van der Waals surface area (Å²) < 4.78 is 5.29. The molecule has 3 N–H and O–H groups in total. The predicted molar refractivity (Wildman–Crippen MR) is 57.3 cm³/mol. The minimum Gasteiger partial charge on any atom is -0.481 e. The van der Waals surface area contributed by atoms with E-state index in [0.29, 0.717) is 12.2 Å². The highest BCUT2D eigenvalue weighted by molar-refractivity contribution is 5.87. The fourth-order valence-electron chi connectivity index (χ4n) is 1.18. The maximum absolute atomic E-state index is 10.9. The molecule has 0 saturated heterocycles. The van der Waals surface area contributed by atoms with Crippen molar-refractivity contribution in [3.8, 4) is 5.75 Å². The van der Waals surface area contributed by atoms with Crippen molar-refractivity contribution >= 4 is 11.9 Å². The second-order valence-corrected chi connectivity index (χ2v) is 3.25. The molecule has 0 fully saturated rings. The van der Waals surface area contributed by atoms with E-state index in [-0.39, 0.29) is 5.56 Å². The summed E-state index contributed by atoms with van der Waals surface area (Å²) in [6.45, 7) is 1.78. The molecule has 0 heterocycles. The summed E-state index contributed by atoms with van der Waals surface area (Å²) in [6.07, 6.45) is -0.216. The van der Waals surface area contributed by atoms with Crippen LogP contribution in [0.15, 0.2) is 24.3 Å². The van der Waals surface area contributed by atoms with Gasteiger partial charge in [0.2, 0.25) is 0 Å². The van der Waals surface area contributed by atoms with Gasteiger partial charge < -0.3 is 15.6 Å². The molecule has 0 aliphatic rings. The van der Waals surface area contributed by atoms with Gasteiger partial charge in [-0.2, -0.15) is 0 Å². The van der Waals surface area contributed by atoms with E-state index >= 15 is 0 Å². The van der Waals surface area contributed by atoms with Gasteiger partial charge in [-0.1, -0.05) is 6.92 Å². The largest absolute Gasteiger partial charge is 0.481 e. The highest BCUT2D eigenvalue weighted by Crippen LogP contribution is 2.14. The van der Waals surface area contributed by atoms with Crippen LogP contribution >= 0.6 is 0 Å². The van der Waals surface area contributed by atoms with Gasteiger partial charge >= 0.3 is 5.97 Å². The summed E-state index contributed by atoms with van der Waals surface area (Å²) in [5.41, 5.74) is 5.28. The summed E-state index contributed by atoms with van der Waals surface area (Å²) in [5, 5.41) is 8.68. The lowest BCUT2D eigenvalue weighted by Crippen LogP contribution is -2.32. The number of nitrogens with two attached hydrogens (primary N) is 1. The average Bonchev–Trinajstić information content (AvgIpc) is 2.26. The number of aromatic carboxylic acids is 1. The molecular formula is C11H13NO4. The van der Waals surface area contributed by atoms with Crippen LogP contribution in [0.3, 0.4) is 0 Å². The molecule has 16 heavy (non-hydrogen) atoms. The molecule has 0 aromatic heterocycles. The van der Waals surface area contributed by atoms with Crippen molar-refractivity contribution in [3.05, 3.63) is 29.8 Å². The topological polar surface area (TPSA) is 89.6 Å². The van der Waals surface area contributed by atoms with Gasteiger partial charge in [-0.05, 0) is 30.7 Å². The molecule has 1 unspecified atom stereocenters. The van der Waals surface area contributed by atoms with Crippen LogP contribution < -0.4 is 10.5 Å². The van der Waals surface area contributed by atoms with Crippen LogP contribution in [-0.4, -0.2) is 23.1 Å². The monoisotopic (exact) mass is 223 g/mol. The van der Waals surface area contributed by atoms with Crippen molar-refractivity contribution in [2.45, 2.75) is 19.4 Å². The number of carboxylic acid groups (broad SMARTS) is 1. The van der Waals surface area contributed by atoms with Crippen LogP contribution in [0.1, 0.15) is 23.7 Å². The number of hydrogen-bond acceptors (Lipinski definition) is 3. The predicted octanol–water partition coefficient (Wildman–Crippen LogP) is 1.03. The molecule has 0 aliphatic heterocycles. The highest BCUT2D eigenvalue weighted by Gasteiger charge is 2.14. The number of hydrogen-bond donors (Lipinski definition) is 2. The normalized spacial score (nSPS) is 11.8. The number of rotatable bonds is 5. The lowest BCUT2D eigenvalue weighted by atomic mass is 10.2. The van der Waals surface area contributed by atoms with Crippen LogP contribution in [0.4, 0.5) is 0 Å². The lowest BCUT2D eigenvalue weighted by molar-refractivity contribution is -0.124. The van der Waals surface area contributed by atoms with Gasteiger partial charge in [0.1, 0.15) is 5.75 Å². The number of primary amides is 1. The molecule has 5 heteroatoms. The minimum absolute atomic E-state index is 0.166. The first-order chi connectivity index (χ1) is 7.54. The third-order valence-corrected chi connectivity index (χ3v) is 2.07. The van der Waals surface area contributed by atoms with Crippen molar-refractivity contribution in [3.63, 3.8) is 0 Å². The molecule has 86 valence electrons. The van der Waals surface area contributed by atoms with E-state index in [9.17, 15) is 9.59 Å². The lowest BCUT2D eigenvalue weighted by Gasteiger charge is -2.13. The summed E-state index contributed by atoms with van der Waals surface area (Å²) in [7, 11) is 0. The summed E-state index contributed by atoms with van der Waals surface area (Å²) >= 11 is 0. The fraction of sp³-hybridized carbons (Fsp3) is 0.273. The highest BCUT2D eigenvalue weighted by atomic mass is 16.5. The number of carbonyl (C=O) groups is 2. The Hall–Kier alpha value is -2.04. The van der Waals surface area contributed by atoms with E-state index in [2.05, 4.69) is 0 Å². The molecule has 0 spiro atoms. The van der Waals surface area contributed by atoms with Crippen LogP contribution in [-0.2, 0) is 4.79 Å². The van der Waals surface area contributed by atoms with Gasteiger partial charge in [0.15, 0.2) is 6.10 Å². The maximum Gasteiger partial charge on any atom is 0.335 e. The zero-order valence-corrected chi connectivity index (χ0v) is 8.84. The molecule has 1 aromatic rings. The average molecular weight is 223 g/mol. The van der Waals surface area contributed by atoms with E-state index in [1.807, 2.05) is 0 Å². The van der Waals surface area contributed by atoms with Crippen molar-refractivity contribution in [1.29, 1.82) is 0 Å². The van der Waals surface area contributed by atoms with Crippen LogP contribution in [0.2, 0.25) is 0 Å². The second kappa shape index (κ2) is 5.16. The first kappa shape index (κ1) is 12.0. The Morgan fingerprint density at radius 2 is 1.94 bits per heavy atom. The van der Waals surface area contributed by atoms with E-state index in [4.69, 9.17) is 15.6 Å². The third kappa shape index (κ3) is 2.98. The van der Waals surface area contributed by atoms with Crippen molar-refractivity contribution in [1.82, 2.24) is 0 Å². The zero-order chi connectivity index (χ0) is 12.1. The number of ether oxygens (including phenoxy) is 1. The van der Waals surface area contributed by atoms with Gasteiger partial charge in [-0.3, -0.25) is 4.79 Å². The third-order valence-electron chi connectivity index (χ3n) is 2.07. The Labute approximate surface area is 92.8 Å². The Morgan fingerprint density at radius 3 is 2.31 bits per heavy atom. The van der Waals surface area contributed by atoms with Gasteiger partial charge in [-0.15, -0.1) is 0 Å². The first-order valence-electron chi connectivity index (χ1n) is 4.84. The Morgan fingerprint density at radius 1 is 1.38 bits per heavy atom. The summed E-state index contributed by atoms with van der Waals surface area (Å²) in [4.78, 5) is 21.5. The van der Waals surface area contributed by atoms with Gasteiger partial charge in [0.25, 0.3) is 5.91 Å². The smallest absolute Gasteiger partial charge is 0.335 e. The standard InChI is InChI=1S/C11H13NO4/c1-2-9(10(12)13)16-8-5-3-7(4-6-8)11(14)15/h3-6,9H,2H2,1H3,(H2,12,13)(H,14,15). The number of amides is 1. The van der Waals surface area contributed by atoms with E-state index < -0.39 is 18.0 Å². The zero-order valence-electron chi connectivity index (χ0n) is 8.84. The van der Waals surface area contributed by atoms with Crippen molar-refractivity contribution < 1.29 is 19.4 Å². The fourth-order valence-corrected chi connectivity index (χ4v) is 1.18.